The second kappa shape index (κ2) is 7.01. The standard InChI is InChI=1S/C13H19NO2/c1-16-13(15)10-12-7-4-6-11(9-12)5-2-3-8-14/h4,6-7,9H,2-3,5,8,10,14H2,1H3. The van der Waals surface area contributed by atoms with Crippen LogP contribution in [0.5, 0.6) is 0 Å². The van der Waals surface area contributed by atoms with Crippen LogP contribution in [0.1, 0.15) is 24.0 Å². The molecule has 88 valence electrons. The van der Waals surface area contributed by atoms with E-state index in [0.717, 1.165) is 31.4 Å². The number of esters is 1. The van der Waals surface area contributed by atoms with Gasteiger partial charge in [-0.2, -0.15) is 0 Å². The van der Waals surface area contributed by atoms with Gasteiger partial charge < -0.3 is 10.5 Å². The number of hydrogen-bond acceptors (Lipinski definition) is 3. The van der Waals surface area contributed by atoms with Gasteiger partial charge in [0.05, 0.1) is 13.5 Å². The molecule has 0 radical (unpaired) electrons. The van der Waals surface area contributed by atoms with Crippen LogP contribution in [0.4, 0.5) is 0 Å². The van der Waals surface area contributed by atoms with Crippen LogP contribution in [0, 0.1) is 0 Å². The zero-order chi connectivity index (χ0) is 11.8. The molecule has 0 aromatic heterocycles. The van der Waals surface area contributed by atoms with Crippen LogP contribution in [-0.2, 0) is 22.4 Å². The molecule has 3 nitrogen and oxygen atoms in total. The molecule has 0 amide bonds. The highest BCUT2D eigenvalue weighted by molar-refractivity contribution is 5.72. The van der Waals surface area contributed by atoms with Crippen molar-refractivity contribution in [2.75, 3.05) is 13.7 Å². The molecule has 1 aromatic carbocycles. The Morgan fingerprint density at radius 3 is 2.75 bits per heavy atom. The third-order valence-electron chi connectivity index (χ3n) is 2.49. The molecule has 0 bridgehead atoms. The molecule has 0 spiro atoms. The van der Waals surface area contributed by atoms with Crippen molar-refractivity contribution < 1.29 is 9.53 Å². The van der Waals surface area contributed by atoms with Gasteiger partial charge >= 0.3 is 5.97 Å². The lowest BCUT2D eigenvalue weighted by molar-refractivity contribution is -0.139. The Kier molecular flexibility index (Phi) is 5.57. The molecule has 0 saturated carbocycles. The van der Waals surface area contributed by atoms with Gasteiger partial charge in [0, 0.05) is 0 Å². The Hall–Kier alpha value is -1.35. The molecular weight excluding hydrogens is 202 g/mol. The highest BCUT2D eigenvalue weighted by Gasteiger charge is 2.03. The molecule has 0 unspecified atom stereocenters. The first-order valence-electron chi connectivity index (χ1n) is 5.61. The van der Waals surface area contributed by atoms with Crippen molar-refractivity contribution in [3.63, 3.8) is 0 Å². The van der Waals surface area contributed by atoms with E-state index in [1.54, 1.807) is 0 Å². The van der Waals surface area contributed by atoms with E-state index in [-0.39, 0.29) is 5.97 Å². The number of carbonyl (C=O) groups is 1. The van der Waals surface area contributed by atoms with E-state index in [1.807, 2.05) is 12.1 Å². The van der Waals surface area contributed by atoms with Crippen LogP contribution in [0.25, 0.3) is 0 Å². The van der Waals surface area contributed by atoms with Crippen LogP contribution >= 0.6 is 0 Å². The lowest BCUT2D eigenvalue weighted by Crippen LogP contribution is -2.04. The summed E-state index contributed by atoms with van der Waals surface area (Å²) in [5.74, 6) is -0.195. The molecule has 0 aliphatic rings. The van der Waals surface area contributed by atoms with Gasteiger partial charge in [-0.1, -0.05) is 24.3 Å². The summed E-state index contributed by atoms with van der Waals surface area (Å²) in [5, 5.41) is 0. The van der Waals surface area contributed by atoms with Crippen LogP contribution in [0.3, 0.4) is 0 Å². The number of carbonyl (C=O) groups excluding carboxylic acids is 1. The first kappa shape index (κ1) is 12.7. The van der Waals surface area contributed by atoms with Crippen molar-refractivity contribution in [3.05, 3.63) is 35.4 Å². The second-order valence-electron chi connectivity index (χ2n) is 3.82. The van der Waals surface area contributed by atoms with E-state index >= 15 is 0 Å². The maximum Gasteiger partial charge on any atom is 0.309 e. The van der Waals surface area contributed by atoms with Crippen molar-refractivity contribution in [3.8, 4) is 0 Å². The molecule has 0 atom stereocenters. The molecule has 0 fully saturated rings. The highest BCUT2D eigenvalue weighted by atomic mass is 16.5. The summed E-state index contributed by atoms with van der Waals surface area (Å²) in [5.41, 5.74) is 7.72. The number of aryl methyl sites for hydroxylation is 1. The molecule has 0 aliphatic carbocycles. The molecule has 0 saturated heterocycles. The number of unbranched alkanes of at least 4 members (excludes halogenated alkanes) is 1. The average molecular weight is 221 g/mol. The van der Waals surface area contributed by atoms with Gasteiger partial charge in [0.15, 0.2) is 0 Å². The van der Waals surface area contributed by atoms with E-state index in [9.17, 15) is 4.79 Å². The number of benzene rings is 1. The topological polar surface area (TPSA) is 52.3 Å². The van der Waals surface area contributed by atoms with E-state index in [0.29, 0.717) is 6.42 Å². The summed E-state index contributed by atoms with van der Waals surface area (Å²) in [6.07, 6.45) is 3.51. The number of nitrogens with two attached hydrogens (primary N) is 1. The lowest BCUT2D eigenvalue weighted by atomic mass is 10.0. The van der Waals surface area contributed by atoms with E-state index in [2.05, 4.69) is 16.9 Å². The van der Waals surface area contributed by atoms with Gasteiger partial charge in [0.1, 0.15) is 0 Å². The summed E-state index contributed by atoms with van der Waals surface area (Å²) in [4.78, 5) is 11.1. The summed E-state index contributed by atoms with van der Waals surface area (Å²) >= 11 is 0. The van der Waals surface area contributed by atoms with Crippen LogP contribution in [-0.4, -0.2) is 19.6 Å². The fourth-order valence-electron chi connectivity index (χ4n) is 1.61. The molecule has 1 rings (SSSR count). The van der Waals surface area contributed by atoms with E-state index in [1.165, 1.54) is 12.7 Å². The molecule has 16 heavy (non-hydrogen) atoms. The Morgan fingerprint density at radius 1 is 1.31 bits per heavy atom. The summed E-state index contributed by atoms with van der Waals surface area (Å²) in [6.45, 7) is 0.738. The van der Waals surface area contributed by atoms with E-state index < -0.39 is 0 Å². The summed E-state index contributed by atoms with van der Waals surface area (Å²) in [7, 11) is 1.41. The fourth-order valence-corrected chi connectivity index (χ4v) is 1.61. The van der Waals surface area contributed by atoms with Crippen molar-refractivity contribution >= 4 is 5.97 Å². The molecule has 0 aliphatic heterocycles. The minimum Gasteiger partial charge on any atom is -0.469 e. The minimum atomic E-state index is -0.195. The molecular formula is C13H19NO2. The maximum absolute atomic E-state index is 11.1. The maximum atomic E-state index is 11.1. The third kappa shape index (κ3) is 4.45. The van der Waals surface area contributed by atoms with Gasteiger partial charge in [-0.25, -0.2) is 0 Å². The largest absolute Gasteiger partial charge is 0.469 e. The number of methoxy groups -OCH3 is 1. The van der Waals surface area contributed by atoms with Gasteiger partial charge in [-0.3, -0.25) is 4.79 Å². The normalized spacial score (nSPS) is 10.1. The number of ether oxygens (including phenoxy) is 1. The second-order valence-corrected chi connectivity index (χ2v) is 3.82. The predicted molar refractivity (Wildman–Crippen MR) is 64.2 cm³/mol. The minimum absolute atomic E-state index is 0.195. The van der Waals surface area contributed by atoms with Gasteiger partial charge in [-0.15, -0.1) is 0 Å². The Labute approximate surface area is 96.6 Å². The Balaban J connectivity index is 2.53. The zero-order valence-electron chi connectivity index (χ0n) is 9.74. The Morgan fingerprint density at radius 2 is 2.06 bits per heavy atom. The van der Waals surface area contributed by atoms with Gasteiger partial charge in [-0.05, 0) is 36.9 Å². The predicted octanol–water partition coefficient (Wildman–Crippen LogP) is 1.68. The smallest absolute Gasteiger partial charge is 0.309 e. The third-order valence-corrected chi connectivity index (χ3v) is 2.49. The van der Waals surface area contributed by atoms with Gasteiger partial charge in [0.25, 0.3) is 0 Å². The first-order chi connectivity index (χ1) is 7.76. The SMILES string of the molecule is COC(=O)Cc1cccc(CCCCN)c1. The van der Waals surface area contributed by atoms with Crippen molar-refractivity contribution in [1.29, 1.82) is 0 Å². The van der Waals surface area contributed by atoms with Crippen molar-refractivity contribution in [2.45, 2.75) is 25.7 Å². The van der Waals surface area contributed by atoms with Crippen LogP contribution in [0.2, 0.25) is 0 Å². The van der Waals surface area contributed by atoms with Crippen LogP contribution < -0.4 is 5.73 Å². The van der Waals surface area contributed by atoms with Gasteiger partial charge in [0.2, 0.25) is 0 Å². The molecule has 0 heterocycles. The van der Waals surface area contributed by atoms with Crippen LogP contribution in [0.15, 0.2) is 24.3 Å². The fraction of sp³-hybridized carbons (Fsp3) is 0.462. The average Bonchev–Trinajstić information content (AvgIpc) is 2.30. The van der Waals surface area contributed by atoms with Crippen molar-refractivity contribution in [2.24, 2.45) is 5.73 Å². The molecule has 1 aromatic rings. The molecule has 3 heteroatoms. The monoisotopic (exact) mass is 221 g/mol. The number of rotatable bonds is 6. The lowest BCUT2D eigenvalue weighted by Gasteiger charge is -2.04. The number of hydrogen-bond donors (Lipinski definition) is 1. The first-order valence-corrected chi connectivity index (χ1v) is 5.61. The highest BCUT2D eigenvalue weighted by Crippen LogP contribution is 2.09. The van der Waals surface area contributed by atoms with E-state index in [4.69, 9.17) is 5.73 Å². The zero-order valence-corrected chi connectivity index (χ0v) is 9.74. The summed E-state index contributed by atoms with van der Waals surface area (Å²) in [6, 6.07) is 8.07. The quantitative estimate of drug-likeness (QED) is 0.587. The summed E-state index contributed by atoms with van der Waals surface area (Å²) < 4.78 is 4.64. The Bertz CT molecular complexity index is 336. The van der Waals surface area contributed by atoms with Crippen molar-refractivity contribution in [1.82, 2.24) is 0 Å². The molecule has 2 N–H and O–H groups in total.